The Morgan fingerprint density at radius 1 is 1.17 bits per heavy atom. The van der Waals surface area contributed by atoms with Crippen LogP contribution in [0.15, 0.2) is 30.3 Å². The Labute approximate surface area is 205 Å². The van der Waals surface area contributed by atoms with Crippen LogP contribution in [0.5, 0.6) is 11.5 Å². The van der Waals surface area contributed by atoms with Crippen LogP contribution >= 0.6 is 0 Å². The van der Waals surface area contributed by atoms with Crippen LogP contribution in [0, 0.1) is 12.8 Å². The van der Waals surface area contributed by atoms with Crippen molar-refractivity contribution in [1.82, 2.24) is 10.6 Å². The molecule has 182 valence electrons. The van der Waals surface area contributed by atoms with Crippen LogP contribution in [0.3, 0.4) is 0 Å². The van der Waals surface area contributed by atoms with E-state index in [1.807, 2.05) is 18.2 Å². The van der Waals surface area contributed by atoms with Crippen molar-refractivity contribution in [3.05, 3.63) is 58.1 Å². The quantitative estimate of drug-likeness (QED) is 0.623. The summed E-state index contributed by atoms with van der Waals surface area (Å²) in [6, 6.07) is 10.00. The molecule has 2 bridgehead atoms. The number of nitrogens with one attached hydrogen (secondary N) is 2. The third-order valence-electron chi connectivity index (χ3n) is 9.98. The van der Waals surface area contributed by atoms with E-state index in [9.17, 15) is 9.90 Å². The van der Waals surface area contributed by atoms with Gasteiger partial charge in [0.05, 0.1) is 23.7 Å². The zero-order chi connectivity index (χ0) is 23.6. The van der Waals surface area contributed by atoms with Crippen molar-refractivity contribution in [1.29, 1.82) is 0 Å². The van der Waals surface area contributed by atoms with Crippen LogP contribution in [0.1, 0.15) is 71.1 Å². The first kappa shape index (κ1) is 20.6. The fourth-order valence-corrected chi connectivity index (χ4v) is 8.18. The highest BCUT2D eigenvalue weighted by Crippen LogP contribution is 2.73. The van der Waals surface area contributed by atoms with Gasteiger partial charge in [-0.2, -0.15) is 0 Å². The highest BCUT2D eigenvalue weighted by molar-refractivity contribution is 5.95. The van der Waals surface area contributed by atoms with Crippen molar-refractivity contribution in [2.45, 2.75) is 80.6 Å². The number of aliphatic hydroxyl groups is 1. The van der Waals surface area contributed by atoms with Crippen LogP contribution in [-0.4, -0.2) is 41.9 Å². The molecule has 2 aliphatic heterocycles. The van der Waals surface area contributed by atoms with E-state index in [0.717, 1.165) is 54.4 Å². The average Bonchev–Trinajstić information content (AvgIpc) is 3.20. The van der Waals surface area contributed by atoms with Gasteiger partial charge in [-0.15, -0.1) is 0 Å². The Kier molecular flexibility index (Phi) is 3.88. The van der Waals surface area contributed by atoms with Crippen molar-refractivity contribution in [2.75, 3.05) is 13.2 Å². The molecule has 4 unspecified atom stereocenters. The molecule has 6 heteroatoms. The molecule has 1 amide bonds. The number of ether oxygens (including phenoxy) is 2. The van der Waals surface area contributed by atoms with E-state index in [1.165, 1.54) is 24.0 Å². The number of rotatable bonds is 5. The molecule has 35 heavy (non-hydrogen) atoms. The molecule has 3 N–H and O–H groups in total. The first-order chi connectivity index (χ1) is 16.9. The van der Waals surface area contributed by atoms with Crippen molar-refractivity contribution >= 4 is 5.91 Å². The molecule has 2 heterocycles. The first-order valence-electron chi connectivity index (χ1n) is 13.3. The largest absolute Gasteiger partial charge is 0.493 e. The number of hydrogen-bond acceptors (Lipinski definition) is 5. The van der Waals surface area contributed by atoms with E-state index >= 15 is 0 Å². The Hall–Kier alpha value is -2.57. The molecule has 5 atom stereocenters. The second-order valence-corrected chi connectivity index (χ2v) is 12.0. The molecule has 3 saturated carbocycles. The molecule has 1 spiro atoms. The van der Waals surface area contributed by atoms with Crippen molar-refractivity contribution in [3.8, 4) is 11.5 Å². The van der Waals surface area contributed by atoms with Crippen LogP contribution < -0.4 is 20.1 Å². The minimum absolute atomic E-state index is 0.0721. The second kappa shape index (κ2) is 6.60. The lowest BCUT2D eigenvalue weighted by Crippen LogP contribution is -2.65. The van der Waals surface area contributed by atoms with Crippen molar-refractivity contribution < 1.29 is 19.4 Å². The first-order valence-corrected chi connectivity index (χ1v) is 13.3. The Balaban J connectivity index is 1.16. The molecular formula is C29H32N2O4. The van der Waals surface area contributed by atoms with Gasteiger partial charge < -0.3 is 25.2 Å². The van der Waals surface area contributed by atoms with E-state index < -0.39 is 11.0 Å². The zero-order valence-corrected chi connectivity index (χ0v) is 20.2. The monoisotopic (exact) mass is 472 g/mol. The fraction of sp³-hybridized carbons (Fsp3) is 0.552. The van der Waals surface area contributed by atoms with E-state index in [4.69, 9.17) is 9.47 Å². The molecule has 2 aromatic carbocycles. The van der Waals surface area contributed by atoms with Gasteiger partial charge in [-0.3, -0.25) is 4.79 Å². The van der Waals surface area contributed by atoms with Gasteiger partial charge in [0.2, 0.25) is 0 Å². The highest BCUT2D eigenvalue weighted by Gasteiger charge is 2.78. The maximum Gasteiger partial charge on any atom is 0.251 e. The summed E-state index contributed by atoms with van der Waals surface area (Å²) < 4.78 is 12.3. The summed E-state index contributed by atoms with van der Waals surface area (Å²) >= 11 is 0. The molecule has 2 aromatic rings. The Bertz CT molecular complexity index is 1290. The fourth-order valence-electron chi connectivity index (χ4n) is 8.18. The third kappa shape index (κ3) is 2.54. The maximum absolute atomic E-state index is 13.4. The molecule has 0 saturated heterocycles. The van der Waals surface area contributed by atoms with Gasteiger partial charge in [-0.25, -0.2) is 0 Å². The number of carbonyl (C=O) groups excluding carboxylic acids is 1. The van der Waals surface area contributed by atoms with Gasteiger partial charge in [0.15, 0.2) is 0 Å². The normalized spacial score (nSPS) is 37.0. The zero-order valence-electron chi connectivity index (χ0n) is 20.2. The summed E-state index contributed by atoms with van der Waals surface area (Å²) in [6.07, 6.45) is 6.16. The lowest BCUT2D eigenvalue weighted by Gasteiger charge is -2.50. The molecule has 0 radical (unpaired) electrons. The molecule has 3 fully saturated rings. The second-order valence-electron chi connectivity index (χ2n) is 12.0. The predicted octanol–water partition coefficient (Wildman–Crippen LogP) is 3.25. The van der Waals surface area contributed by atoms with Crippen molar-refractivity contribution in [2.24, 2.45) is 5.92 Å². The van der Waals surface area contributed by atoms with Crippen molar-refractivity contribution in [3.63, 3.8) is 0 Å². The minimum Gasteiger partial charge on any atom is -0.493 e. The number of aryl methyl sites for hydroxylation is 1. The lowest BCUT2D eigenvalue weighted by molar-refractivity contribution is -0.0973. The number of carbonyl (C=O) groups is 1. The summed E-state index contributed by atoms with van der Waals surface area (Å²) in [5.41, 5.74) is 3.92. The average molecular weight is 473 g/mol. The summed E-state index contributed by atoms with van der Waals surface area (Å²) in [6.45, 7) is 3.79. The highest BCUT2D eigenvalue weighted by atomic mass is 16.5. The Morgan fingerprint density at radius 2 is 2.06 bits per heavy atom. The van der Waals surface area contributed by atoms with Gasteiger partial charge in [-0.1, -0.05) is 12.1 Å². The molecular weight excluding hydrogens is 440 g/mol. The third-order valence-corrected chi connectivity index (χ3v) is 9.98. The number of hydrogen-bond donors (Lipinski definition) is 3. The van der Waals surface area contributed by atoms with Crippen LogP contribution in [-0.2, 0) is 17.4 Å². The number of fused-ring (bicyclic) bond motifs is 3. The van der Waals surface area contributed by atoms with E-state index in [0.29, 0.717) is 25.0 Å². The summed E-state index contributed by atoms with van der Waals surface area (Å²) in [5.74, 6) is 2.52. The lowest BCUT2D eigenvalue weighted by atomic mass is 9.58. The number of amides is 1. The molecule has 0 aromatic heterocycles. The minimum atomic E-state index is -0.813. The molecule has 6 nitrogen and oxygen atoms in total. The smallest absolute Gasteiger partial charge is 0.251 e. The Morgan fingerprint density at radius 3 is 2.91 bits per heavy atom. The van der Waals surface area contributed by atoms with E-state index in [-0.39, 0.29) is 23.6 Å². The number of benzene rings is 2. The standard InChI is InChI=1S/C29H32N2O4/c1-16-2-6-20-23-24(16)35-25-21(31-26(32)19-5-7-22-18(12-19)9-11-34-22)8-10-28(33)14-27(20,15-29(23,25)28)30-13-17-3-4-17/h2,5-7,12,17,21,25,30,33H,3-4,8-11,13-15H2,1H3,(H,31,32)/t21?,25-,27?,28?,29?/m0/s1. The molecule has 6 aliphatic rings. The summed E-state index contributed by atoms with van der Waals surface area (Å²) in [7, 11) is 0. The van der Waals surface area contributed by atoms with E-state index in [1.54, 1.807) is 0 Å². The van der Waals surface area contributed by atoms with E-state index in [2.05, 4.69) is 29.7 Å². The van der Waals surface area contributed by atoms with Crippen LogP contribution in [0.4, 0.5) is 0 Å². The summed E-state index contributed by atoms with van der Waals surface area (Å²) in [5, 5.41) is 19.5. The SMILES string of the molecule is Cc1ccc2c3c1O[C@H]1C(NC(=O)c4ccc5c(c4)CCO5)CCC4(O)CC2(NCC2CC2)CC314. The topological polar surface area (TPSA) is 79.8 Å². The predicted molar refractivity (Wildman–Crippen MR) is 130 cm³/mol. The maximum atomic E-state index is 13.4. The van der Waals surface area contributed by atoms with Gasteiger partial charge in [-0.05, 0) is 92.8 Å². The van der Waals surface area contributed by atoms with Crippen LogP contribution in [0.2, 0.25) is 0 Å². The molecule has 8 rings (SSSR count). The molecule has 4 aliphatic carbocycles. The van der Waals surface area contributed by atoms with Gasteiger partial charge in [0, 0.05) is 23.1 Å². The van der Waals surface area contributed by atoms with Crippen LogP contribution in [0.25, 0.3) is 0 Å². The summed E-state index contributed by atoms with van der Waals surface area (Å²) in [4.78, 5) is 13.4. The van der Waals surface area contributed by atoms with Gasteiger partial charge >= 0.3 is 0 Å². The van der Waals surface area contributed by atoms with Gasteiger partial charge in [0.1, 0.15) is 17.6 Å². The van der Waals surface area contributed by atoms with Gasteiger partial charge in [0.25, 0.3) is 5.91 Å².